The Morgan fingerprint density at radius 3 is 2.62 bits per heavy atom. The summed E-state index contributed by atoms with van der Waals surface area (Å²) in [6.45, 7) is 7.69. The normalized spacial score (nSPS) is 19.8. The first-order valence-corrected chi connectivity index (χ1v) is 11.1. The van der Waals surface area contributed by atoms with E-state index in [0.29, 0.717) is 25.0 Å². The fourth-order valence-corrected chi connectivity index (χ4v) is 3.67. The van der Waals surface area contributed by atoms with E-state index in [1.807, 2.05) is 0 Å². The molecule has 0 aromatic rings. The van der Waals surface area contributed by atoms with Crippen LogP contribution >= 0.6 is 24.0 Å². The Balaban J connectivity index is 0.00000625. The van der Waals surface area contributed by atoms with Crippen molar-refractivity contribution < 1.29 is 13.2 Å². The average Bonchev–Trinajstić information content (AvgIpc) is 2.53. The van der Waals surface area contributed by atoms with E-state index >= 15 is 0 Å². The van der Waals surface area contributed by atoms with Gasteiger partial charge in [-0.1, -0.05) is 26.7 Å². The van der Waals surface area contributed by atoms with E-state index in [-0.39, 0.29) is 48.4 Å². The molecule has 0 aromatic heterocycles. The lowest BCUT2D eigenvalue weighted by molar-refractivity contribution is 0.0200. The van der Waals surface area contributed by atoms with Crippen molar-refractivity contribution in [3.05, 3.63) is 0 Å². The molecule has 1 aliphatic heterocycles. The summed E-state index contributed by atoms with van der Waals surface area (Å²) in [4.78, 5) is 4.12. The molecule has 1 aliphatic rings. The van der Waals surface area contributed by atoms with Crippen LogP contribution in [-0.4, -0.2) is 52.0 Å². The SMILES string of the molecule is CC(C)CCCC(C)NC(N)=NCCS(=O)(=O)NCC1CCCCO1.I. The van der Waals surface area contributed by atoms with Crippen molar-refractivity contribution in [3.63, 3.8) is 0 Å². The van der Waals surface area contributed by atoms with Gasteiger partial charge in [-0.15, -0.1) is 24.0 Å². The summed E-state index contributed by atoms with van der Waals surface area (Å²) in [6, 6.07) is 0.237. The zero-order chi connectivity index (χ0) is 18.7. The highest BCUT2D eigenvalue weighted by molar-refractivity contribution is 14.0. The van der Waals surface area contributed by atoms with Gasteiger partial charge in [0.1, 0.15) is 0 Å². The molecule has 4 N–H and O–H groups in total. The maximum absolute atomic E-state index is 12.0. The van der Waals surface area contributed by atoms with Crippen molar-refractivity contribution in [3.8, 4) is 0 Å². The van der Waals surface area contributed by atoms with Crippen LogP contribution < -0.4 is 15.8 Å². The molecule has 7 nitrogen and oxygen atoms in total. The van der Waals surface area contributed by atoms with Crippen molar-refractivity contribution in [2.75, 3.05) is 25.4 Å². The Kier molecular flexibility index (Phi) is 13.9. The summed E-state index contributed by atoms with van der Waals surface area (Å²) in [5, 5.41) is 3.12. The van der Waals surface area contributed by atoms with Crippen LogP contribution in [0.25, 0.3) is 0 Å². The average molecular weight is 504 g/mol. The molecule has 0 radical (unpaired) electrons. The van der Waals surface area contributed by atoms with E-state index in [1.54, 1.807) is 0 Å². The number of nitrogens with one attached hydrogen (secondary N) is 2. The topological polar surface area (TPSA) is 106 Å². The fourth-order valence-electron chi connectivity index (χ4n) is 2.75. The van der Waals surface area contributed by atoms with E-state index in [4.69, 9.17) is 10.5 Å². The van der Waals surface area contributed by atoms with Gasteiger partial charge < -0.3 is 15.8 Å². The van der Waals surface area contributed by atoms with Crippen molar-refractivity contribution in [1.82, 2.24) is 10.0 Å². The van der Waals surface area contributed by atoms with Crippen molar-refractivity contribution in [1.29, 1.82) is 0 Å². The van der Waals surface area contributed by atoms with Gasteiger partial charge in [-0.25, -0.2) is 13.1 Å². The molecular formula is C17H37IN4O3S. The molecule has 0 amide bonds. The number of sulfonamides is 1. The number of nitrogens with two attached hydrogens (primary N) is 1. The summed E-state index contributed by atoms with van der Waals surface area (Å²) in [6.07, 6.45) is 6.40. The third-order valence-electron chi connectivity index (χ3n) is 4.26. The van der Waals surface area contributed by atoms with Crippen LogP contribution in [0.1, 0.15) is 59.3 Å². The molecule has 0 aromatic carbocycles. The third kappa shape index (κ3) is 13.1. The van der Waals surface area contributed by atoms with Gasteiger partial charge in [0, 0.05) is 19.2 Å². The number of halogens is 1. The largest absolute Gasteiger partial charge is 0.377 e. The predicted octanol–water partition coefficient (Wildman–Crippen LogP) is 2.21. The highest BCUT2D eigenvalue weighted by Crippen LogP contribution is 2.11. The van der Waals surface area contributed by atoms with Crippen LogP contribution in [0.5, 0.6) is 0 Å². The lowest BCUT2D eigenvalue weighted by atomic mass is 10.0. The number of nitrogens with zero attached hydrogens (tertiary/aromatic N) is 1. The van der Waals surface area contributed by atoms with Gasteiger partial charge in [0.25, 0.3) is 0 Å². The smallest absolute Gasteiger partial charge is 0.213 e. The molecule has 0 spiro atoms. The van der Waals surface area contributed by atoms with Gasteiger partial charge in [0.05, 0.1) is 18.4 Å². The van der Waals surface area contributed by atoms with E-state index in [0.717, 1.165) is 32.1 Å². The maximum Gasteiger partial charge on any atom is 0.213 e. The molecule has 9 heteroatoms. The van der Waals surface area contributed by atoms with Crippen LogP contribution in [0.3, 0.4) is 0 Å². The highest BCUT2D eigenvalue weighted by Gasteiger charge is 2.17. The first-order valence-electron chi connectivity index (χ1n) is 9.44. The van der Waals surface area contributed by atoms with E-state index in [9.17, 15) is 8.42 Å². The number of guanidine groups is 1. The van der Waals surface area contributed by atoms with Crippen molar-refractivity contribution in [2.24, 2.45) is 16.6 Å². The molecule has 1 fully saturated rings. The van der Waals surface area contributed by atoms with E-state index in [2.05, 4.69) is 35.8 Å². The summed E-state index contributed by atoms with van der Waals surface area (Å²) < 4.78 is 32.1. The Labute approximate surface area is 176 Å². The van der Waals surface area contributed by atoms with Gasteiger partial charge in [0.2, 0.25) is 10.0 Å². The fraction of sp³-hybridized carbons (Fsp3) is 0.941. The standard InChI is InChI=1S/C17H36N4O3S.HI/c1-14(2)7-6-8-15(3)21-17(18)19-10-12-25(22,23)20-13-16-9-4-5-11-24-16;/h14-16,20H,4-13H2,1-3H3,(H3,18,19,21);1H. The van der Waals surface area contributed by atoms with E-state index < -0.39 is 10.0 Å². The van der Waals surface area contributed by atoms with Crippen LogP contribution in [0.15, 0.2) is 4.99 Å². The molecule has 156 valence electrons. The molecule has 2 unspecified atom stereocenters. The molecule has 26 heavy (non-hydrogen) atoms. The minimum absolute atomic E-state index is 0. The second-order valence-electron chi connectivity index (χ2n) is 7.29. The lowest BCUT2D eigenvalue weighted by Gasteiger charge is -2.22. The number of hydrogen-bond acceptors (Lipinski definition) is 4. The zero-order valence-corrected chi connectivity index (χ0v) is 19.5. The first kappa shape index (κ1) is 25.9. The quantitative estimate of drug-likeness (QED) is 0.227. The third-order valence-corrected chi connectivity index (χ3v) is 5.59. The van der Waals surface area contributed by atoms with Crippen LogP contribution in [0.2, 0.25) is 0 Å². The number of hydrogen-bond donors (Lipinski definition) is 3. The van der Waals surface area contributed by atoms with Crippen molar-refractivity contribution >= 4 is 40.0 Å². The van der Waals surface area contributed by atoms with E-state index in [1.165, 1.54) is 6.42 Å². The molecule has 0 aliphatic carbocycles. The number of ether oxygens (including phenoxy) is 1. The Morgan fingerprint density at radius 2 is 2.00 bits per heavy atom. The Morgan fingerprint density at radius 1 is 1.27 bits per heavy atom. The summed E-state index contributed by atoms with van der Waals surface area (Å²) in [7, 11) is -3.35. The molecule has 1 saturated heterocycles. The van der Waals surface area contributed by atoms with Gasteiger partial charge in [0.15, 0.2) is 5.96 Å². The lowest BCUT2D eigenvalue weighted by Crippen LogP contribution is -2.39. The monoisotopic (exact) mass is 504 g/mol. The van der Waals surface area contributed by atoms with Crippen LogP contribution in [-0.2, 0) is 14.8 Å². The second kappa shape index (κ2) is 14.0. The molecule has 0 bridgehead atoms. The van der Waals surface area contributed by atoms with Gasteiger partial charge in [-0.05, 0) is 38.5 Å². The first-order chi connectivity index (χ1) is 11.8. The molecule has 1 heterocycles. The number of aliphatic imine (C=N–C) groups is 1. The highest BCUT2D eigenvalue weighted by atomic mass is 127. The summed E-state index contributed by atoms with van der Waals surface area (Å²) in [5.74, 6) is 0.946. The Bertz CT molecular complexity index is 494. The van der Waals surface area contributed by atoms with Gasteiger partial charge in [-0.2, -0.15) is 0 Å². The second-order valence-corrected chi connectivity index (χ2v) is 9.22. The summed E-state index contributed by atoms with van der Waals surface area (Å²) >= 11 is 0. The zero-order valence-electron chi connectivity index (χ0n) is 16.4. The summed E-state index contributed by atoms with van der Waals surface area (Å²) in [5.41, 5.74) is 5.83. The van der Waals surface area contributed by atoms with Gasteiger partial charge >= 0.3 is 0 Å². The molecule has 1 rings (SSSR count). The van der Waals surface area contributed by atoms with Gasteiger partial charge in [-0.3, -0.25) is 4.99 Å². The predicted molar refractivity (Wildman–Crippen MR) is 119 cm³/mol. The maximum atomic E-state index is 12.0. The van der Waals surface area contributed by atoms with Crippen LogP contribution in [0, 0.1) is 5.92 Å². The molecule has 2 atom stereocenters. The molecule has 0 saturated carbocycles. The van der Waals surface area contributed by atoms with Crippen molar-refractivity contribution in [2.45, 2.75) is 71.4 Å². The minimum atomic E-state index is -3.35. The number of rotatable bonds is 11. The minimum Gasteiger partial charge on any atom is -0.377 e. The van der Waals surface area contributed by atoms with Crippen LogP contribution in [0.4, 0.5) is 0 Å². The Hall–Kier alpha value is -0.130. The molecular weight excluding hydrogens is 467 g/mol.